The molecule has 3 aromatic rings. The number of sulfonamides is 1. The van der Waals surface area contributed by atoms with Crippen LogP contribution in [0.1, 0.15) is 37.6 Å². The highest BCUT2D eigenvalue weighted by molar-refractivity contribution is 7.89. The number of aromatic nitrogens is 2. The Morgan fingerprint density at radius 3 is 2.42 bits per heavy atom. The number of nitrogens with one attached hydrogen (secondary N) is 1. The number of carbonyl (C=O) groups excluding carboxylic acids is 1. The maximum absolute atomic E-state index is 13.3. The van der Waals surface area contributed by atoms with Gasteiger partial charge < -0.3 is 14.7 Å². The molecule has 0 spiro atoms. The Balaban J connectivity index is 1.31. The molecular weight excluding hydrogens is 556 g/mol. The van der Waals surface area contributed by atoms with Crippen LogP contribution in [0.15, 0.2) is 40.9 Å². The number of urea groups is 1. The van der Waals surface area contributed by atoms with E-state index in [0.717, 1.165) is 0 Å². The summed E-state index contributed by atoms with van der Waals surface area (Å²) in [5.74, 6) is 0.375. The predicted octanol–water partition coefficient (Wildman–Crippen LogP) is 5.15. The fraction of sp³-hybridized carbons (Fsp3) is 0.400. The van der Waals surface area contributed by atoms with Crippen molar-refractivity contribution >= 4 is 44.9 Å². The minimum atomic E-state index is -3.31. The molecule has 5 rings (SSSR count). The van der Waals surface area contributed by atoms with Crippen LogP contribution in [0.4, 0.5) is 14.9 Å². The highest BCUT2D eigenvalue weighted by Gasteiger charge is 2.52. The van der Waals surface area contributed by atoms with E-state index in [1.54, 1.807) is 36.1 Å². The molecule has 1 aromatic heterocycles. The summed E-state index contributed by atoms with van der Waals surface area (Å²) >= 11 is 13.4. The van der Waals surface area contributed by atoms with E-state index >= 15 is 0 Å². The zero-order valence-corrected chi connectivity index (χ0v) is 22.9. The zero-order chi connectivity index (χ0) is 27.1. The quantitative estimate of drug-likeness (QED) is 0.431. The molecular formula is C25H26Cl2FN5O4S. The van der Waals surface area contributed by atoms with Crippen LogP contribution in [0.3, 0.4) is 0 Å². The van der Waals surface area contributed by atoms with Crippen molar-refractivity contribution in [2.75, 3.05) is 37.2 Å². The molecule has 1 N–H and O–H groups in total. The molecule has 13 heteroatoms. The van der Waals surface area contributed by atoms with Gasteiger partial charge in [0.05, 0.1) is 11.2 Å². The van der Waals surface area contributed by atoms with E-state index in [1.807, 2.05) is 0 Å². The molecule has 1 saturated heterocycles. The monoisotopic (exact) mass is 581 g/mol. The Labute approximate surface area is 229 Å². The van der Waals surface area contributed by atoms with E-state index in [1.165, 1.54) is 16.4 Å². The second kappa shape index (κ2) is 10.4. The van der Waals surface area contributed by atoms with Gasteiger partial charge in [-0.25, -0.2) is 21.9 Å². The lowest BCUT2D eigenvalue weighted by Crippen LogP contribution is -2.39. The van der Waals surface area contributed by atoms with Gasteiger partial charge in [0.1, 0.15) is 5.82 Å². The van der Waals surface area contributed by atoms with Crippen molar-refractivity contribution in [1.29, 1.82) is 0 Å². The molecule has 2 amide bonds. The molecule has 2 aromatic carbocycles. The van der Waals surface area contributed by atoms with E-state index in [4.69, 9.17) is 27.7 Å². The number of benzene rings is 2. The van der Waals surface area contributed by atoms with Crippen molar-refractivity contribution < 1.29 is 22.1 Å². The first-order valence-corrected chi connectivity index (χ1v) is 14.6. The number of anilines is 1. The van der Waals surface area contributed by atoms with Crippen LogP contribution < -0.4 is 5.32 Å². The average Bonchev–Trinajstić information content (AvgIpc) is 3.58. The minimum absolute atomic E-state index is 0.0292. The number of nitrogens with zero attached hydrogens (tertiary/aromatic N) is 4. The van der Waals surface area contributed by atoms with Gasteiger partial charge in [0, 0.05) is 53.0 Å². The molecule has 202 valence electrons. The van der Waals surface area contributed by atoms with Crippen LogP contribution >= 0.6 is 23.2 Å². The molecule has 1 aliphatic heterocycles. The molecule has 0 atom stereocenters. The minimum Gasteiger partial charge on any atom is -0.334 e. The van der Waals surface area contributed by atoms with Crippen molar-refractivity contribution in [3.63, 3.8) is 0 Å². The smallest absolute Gasteiger partial charge is 0.321 e. The average molecular weight is 582 g/mol. The molecule has 0 radical (unpaired) electrons. The van der Waals surface area contributed by atoms with Crippen LogP contribution in [0.2, 0.25) is 10.0 Å². The lowest BCUT2D eigenvalue weighted by molar-refractivity contribution is 0.214. The zero-order valence-electron chi connectivity index (χ0n) is 20.6. The van der Waals surface area contributed by atoms with Gasteiger partial charge in [0.25, 0.3) is 5.89 Å². The van der Waals surface area contributed by atoms with Gasteiger partial charge in [-0.05, 0) is 62.6 Å². The van der Waals surface area contributed by atoms with Crippen molar-refractivity contribution in [3.05, 3.63) is 63.6 Å². The lowest BCUT2D eigenvalue weighted by Gasteiger charge is -2.22. The van der Waals surface area contributed by atoms with Gasteiger partial charge in [0.15, 0.2) is 5.82 Å². The molecule has 0 bridgehead atoms. The van der Waals surface area contributed by atoms with Gasteiger partial charge in [-0.1, -0.05) is 28.4 Å². The summed E-state index contributed by atoms with van der Waals surface area (Å²) in [6, 6.07) is 8.68. The topological polar surface area (TPSA) is 109 Å². The molecule has 0 unspecified atom stereocenters. The van der Waals surface area contributed by atoms with Crippen LogP contribution in [0, 0.1) is 5.82 Å². The molecule has 9 nitrogen and oxygen atoms in total. The fourth-order valence-corrected chi connectivity index (χ4v) is 6.68. The number of hydrogen-bond donors (Lipinski definition) is 1. The number of rotatable bonds is 6. The molecule has 2 aliphatic rings. The molecule has 2 fully saturated rings. The molecule has 1 aliphatic carbocycles. The van der Waals surface area contributed by atoms with E-state index < -0.39 is 15.4 Å². The van der Waals surface area contributed by atoms with Crippen molar-refractivity contribution in [2.45, 2.75) is 31.6 Å². The Morgan fingerprint density at radius 2 is 1.79 bits per heavy atom. The normalized spacial score (nSPS) is 17.7. The van der Waals surface area contributed by atoms with Crippen molar-refractivity contribution in [2.24, 2.45) is 0 Å². The Hall–Kier alpha value is -2.73. The molecule has 1 saturated carbocycles. The second-order valence-corrected chi connectivity index (χ2v) is 12.5. The number of hydrogen-bond acceptors (Lipinski definition) is 6. The first kappa shape index (κ1) is 26.9. The summed E-state index contributed by atoms with van der Waals surface area (Å²) < 4.78 is 44.5. The summed E-state index contributed by atoms with van der Waals surface area (Å²) in [6.45, 7) is 2.95. The first-order chi connectivity index (χ1) is 18.1. The Kier molecular flexibility index (Phi) is 7.38. The van der Waals surface area contributed by atoms with Crippen LogP contribution in [-0.2, 0) is 15.4 Å². The Morgan fingerprint density at radius 1 is 1.11 bits per heavy atom. The predicted molar refractivity (Wildman–Crippen MR) is 142 cm³/mol. The Bertz CT molecular complexity index is 1440. The number of halogens is 3. The lowest BCUT2D eigenvalue weighted by atomic mass is 9.94. The highest BCUT2D eigenvalue weighted by atomic mass is 35.5. The summed E-state index contributed by atoms with van der Waals surface area (Å²) in [5.41, 5.74) is 1.06. The molecule has 38 heavy (non-hydrogen) atoms. The fourth-order valence-electron chi connectivity index (χ4n) is 4.70. The highest BCUT2D eigenvalue weighted by Crippen LogP contribution is 2.57. The second-order valence-electron chi connectivity index (χ2n) is 9.40. The van der Waals surface area contributed by atoms with Crippen LogP contribution in [0.5, 0.6) is 0 Å². The van der Waals surface area contributed by atoms with Gasteiger partial charge >= 0.3 is 6.03 Å². The number of amides is 2. The van der Waals surface area contributed by atoms with Crippen molar-refractivity contribution in [3.8, 4) is 11.5 Å². The van der Waals surface area contributed by atoms with E-state index in [-0.39, 0.29) is 36.6 Å². The van der Waals surface area contributed by atoms with E-state index in [2.05, 4.69) is 15.5 Å². The molecule has 2 heterocycles. The van der Waals surface area contributed by atoms with Crippen LogP contribution in [-0.4, -0.2) is 65.7 Å². The summed E-state index contributed by atoms with van der Waals surface area (Å²) in [5, 5.41) is 7.70. The summed E-state index contributed by atoms with van der Waals surface area (Å²) in [4.78, 5) is 19.1. The summed E-state index contributed by atoms with van der Waals surface area (Å²) in [7, 11) is -3.31. The van der Waals surface area contributed by atoms with Gasteiger partial charge in [-0.15, -0.1) is 0 Å². The standard InChI is InChI=1S/C25H26Cl2FN5O4S/c1-2-38(35,36)33-11-3-10-32(12-13-33)24(34)29-18-14-19(26)21(20(27)15-18)25(8-9-25)23-30-22(37-31-23)16-4-6-17(28)7-5-16/h4-7,14-15H,2-3,8-13H2,1H3,(H,29,34). The SMILES string of the molecule is CCS(=O)(=O)N1CCCN(C(=O)Nc2cc(Cl)c(C3(c4noc(-c5ccc(F)cc5)n4)CC3)c(Cl)c2)CC1. The summed E-state index contributed by atoms with van der Waals surface area (Å²) in [6.07, 6.45) is 1.97. The maximum Gasteiger partial charge on any atom is 0.321 e. The third kappa shape index (κ3) is 5.25. The van der Waals surface area contributed by atoms with Crippen molar-refractivity contribution in [1.82, 2.24) is 19.3 Å². The maximum atomic E-state index is 13.3. The number of carbonyl (C=O) groups is 1. The van der Waals surface area contributed by atoms with E-state index in [9.17, 15) is 17.6 Å². The van der Waals surface area contributed by atoms with Gasteiger partial charge in [-0.2, -0.15) is 4.98 Å². The third-order valence-electron chi connectivity index (χ3n) is 6.97. The van der Waals surface area contributed by atoms with E-state index in [0.29, 0.717) is 65.0 Å². The van der Waals surface area contributed by atoms with Gasteiger partial charge in [0.2, 0.25) is 10.0 Å². The van der Waals surface area contributed by atoms with Crippen LogP contribution in [0.25, 0.3) is 11.5 Å². The first-order valence-electron chi connectivity index (χ1n) is 12.3. The largest absolute Gasteiger partial charge is 0.334 e. The third-order valence-corrected chi connectivity index (χ3v) is 9.45. The van der Waals surface area contributed by atoms with Gasteiger partial charge in [-0.3, -0.25) is 0 Å².